The van der Waals surface area contributed by atoms with Gasteiger partial charge in [-0.25, -0.2) is 12.8 Å². The lowest BCUT2D eigenvalue weighted by atomic mass is 10.3. The lowest BCUT2D eigenvalue weighted by Crippen LogP contribution is -2.14. The van der Waals surface area contributed by atoms with E-state index in [0.29, 0.717) is 17.9 Å². The maximum absolute atomic E-state index is 13.2. The Morgan fingerprint density at radius 3 is 2.75 bits per heavy atom. The van der Waals surface area contributed by atoms with Crippen LogP contribution in [-0.2, 0) is 14.8 Å². The minimum atomic E-state index is -3.90. The van der Waals surface area contributed by atoms with Gasteiger partial charge in [0.15, 0.2) is 0 Å². The first kappa shape index (κ1) is 17.1. The van der Waals surface area contributed by atoms with Crippen LogP contribution >= 0.6 is 23.4 Å². The second-order valence-electron chi connectivity index (χ2n) is 5.04. The van der Waals surface area contributed by atoms with Gasteiger partial charge in [0.2, 0.25) is 5.91 Å². The van der Waals surface area contributed by atoms with Crippen molar-refractivity contribution >= 4 is 50.7 Å². The number of rotatable bonds is 3. The average Bonchev–Trinajstić information content (AvgIpc) is 2.70. The second-order valence-corrected chi connectivity index (χ2v) is 8.27. The van der Waals surface area contributed by atoms with E-state index in [1.807, 2.05) is 0 Å². The minimum absolute atomic E-state index is 0.00972. The van der Waals surface area contributed by atoms with Gasteiger partial charge in [0, 0.05) is 17.1 Å². The summed E-state index contributed by atoms with van der Waals surface area (Å²) in [5.41, 5.74) is 0.609. The molecule has 0 aromatic heterocycles. The lowest BCUT2D eigenvalue weighted by molar-refractivity contribution is -0.115. The third-order valence-corrected chi connectivity index (χ3v) is 6.04. The number of carbonyl (C=O) groups excluding carboxylic acids is 1. The van der Waals surface area contributed by atoms with Gasteiger partial charge in [-0.2, -0.15) is 0 Å². The predicted octanol–water partition coefficient (Wildman–Crippen LogP) is 3.71. The molecule has 0 spiro atoms. The van der Waals surface area contributed by atoms with Crippen molar-refractivity contribution in [3.05, 3.63) is 47.2 Å². The van der Waals surface area contributed by atoms with Crippen molar-refractivity contribution in [2.75, 3.05) is 15.8 Å². The van der Waals surface area contributed by atoms with Gasteiger partial charge in [-0.1, -0.05) is 11.6 Å². The van der Waals surface area contributed by atoms with E-state index in [-0.39, 0.29) is 21.5 Å². The SMILES string of the molecule is O=C1CCSc2ccc(S(=O)(=O)Nc3ccc(F)c(Cl)c3)cc2N1. The number of benzene rings is 2. The molecule has 9 heteroatoms. The highest BCUT2D eigenvalue weighted by molar-refractivity contribution is 7.99. The monoisotopic (exact) mass is 386 g/mol. The molecule has 2 aromatic carbocycles. The summed E-state index contributed by atoms with van der Waals surface area (Å²) in [5.74, 6) is -0.157. The van der Waals surface area contributed by atoms with E-state index in [1.165, 1.54) is 36.0 Å². The van der Waals surface area contributed by atoms with Crippen molar-refractivity contribution in [2.24, 2.45) is 0 Å². The third-order valence-electron chi connectivity index (χ3n) is 3.29. The number of halogens is 2. The van der Waals surface area contributed by atoms with E-state index in [0.717, 1.165) is 11.0 Å². The number of sulfonamides is 1. The zero-order chi connectivity index (χ0) is 17.3. The van der Waals surface area contributed by atoms with Gasteiger partial charge < -0.3 is 5.32 Å². The quantitative estimate of drug-likeness (QED) is 0.843. The molecule has 2 N–H and O–H groups in total. The third kappa shape index (κ3) is 3.66. The van der Waals surface area contributed by atoms with E-state index in [9.17, 15) is 17.6 Å². The Bertz CT molecular complexity index is 919. The molecule has 1 amide bonds. The van der Waals surface area contributed by atoms with Crippen LogP contribution in [0.15, 0.2) is 46.2 Å². The van der Waals surface area contributed by atoms with Crippen LogP contribution in [0.25, 0.3) is 0 Å². The van der Waals surface area contributed by atoms with Gasteiger partial charge in [-0.05, 0) is 36.4 Å². The fourth-order valence-electron chi connectivity index (χ4n) is 2.14. The molecule has 0 atom stereocenters. The maximum atomic E-state index is 13.2. The van der Waals surface area contributed by atoms with Crippen LogP contribution in [0.2, 0.25) is 5.02 Å². The molecule has 0 aliphatic carbocycles. The molecule has 1 aliphatic rings. The Kier molecular flexibility index (Phi) is 4.71. The van der Waals surface area contributed by atoms with Crippen LogP contribution in [0.3, 0.4) is 0 Å². The largest absolute Gasteiger partial charge is 0.325 e. The Hall–Kier alpha value is -1.77. The van der Waals surface area contributed by atoms with Crippen LogP contribution in [0.5, 0.6) is 0 Å². The van der Waals surface area contributed by atoms with Gasteiger partial charge >= 0.3 is 0 Å². The van der Waals surface area contributed by atoms with E-state index < -0.39 is 15.8 Å². The summed E-state index contributed by atoms with van der Waals surface area (Å²) in [4.78, 5) is 12.4. The van der Waals surface area contributed by atoms with Crippen molar-refractivity contribution in [2.45, 2.75) is 16.2 Å². The number of nitrogens with one attached hydrogen (secondary N) is 2. The Balaban J connectivity index is 1.92. The summed E-state index contributed by atoms with van der Waals surface area (Å²) in [6, 6.07) is 8.05. The molecule has 2 aromatic rings. The summed E-state index contributed by atoms with van der Waals surface area (Å²) in [7, 11) is -3.90. The molecule has 5 nitrogen and oxygen atoms in total. The Morgan fingerprint density at radius 1 is 1.21 bits per heavy atom. The molecule has 126 valence electrons. The molecule has 1 aliphatic heterocycles. The van der Waals surface area contributed by atoms with E-state index >= 15 is 0 Å². The summed E-state index contributed by atoms with van der Waals surface area (Å²) in [6.45, 7) is 0. The molecule has 0 unspecified atom stereocenters. The first-order valence-corrected chi connectivity index (χ1v) is 9.74. The molecular weight excluding hydrogens is 375 g/mol. The van der Waals surface area contributed by atoms with Crippen LogP contribution < -0.4 is 10.0 Å². The van der Waals surface area contributed by atoms with Gasteiger partial charge in [0.25, 0.3) is 10.0 Å². The lowest BCUT2D eigenvalue weighted by Gasteiger charge is -2.12. The smallest absolute Gasteiger partial charge is 0.261 e. The molecule has 0 bridgehead atoms. The fourth-order valence-corrected chi connectivity index (χ4v) is 4.33. The van der Waals surface area contributed by atoms with E-state index in [2.05, 4.69) is 10.0 Å². The van der Waals surface area contributed by atoms with Crippen molar-refractivity contribution in [1.29, 1.82) is 0 Å². The number of amides is 1. The van der Waals surface area contributed by atoms with E-state index in [1.54, 1.807) is 6.07 Å². The summed E-state index contributed by atoms with van der Waals surface area (Å²) in [6.07, 6.45) is 0.369. The molecule has 1 heterocycles. The normalized spacial score (nSPS) is 14.5. The fraction of sp³-hybridized carbons (Fsp3) is 0.133. The number of hydrogen-bond donors (Lipinski definition) is 2. The summed E-state index contributed by atoms with van der Waals surface area (Å²) < 4.78 is 40.5. The zero-order valence-corrected chi connectivity index (χ0v) is 14.6. The predicted molar refractivity (Wildman–Crippen MR) is 92.6 cm³/mol. The summed E-state index contributed by atoms with van der Waals surface area (Å²) >= 11 is 7.14. The zero-order valence-electron chi connectivity index (χ0n) is 12.2. The highest BCUT2D eigenvalue weighted by Gasteiger charge is 2.19. The van der Waals surface area contributed by atoms with Gasteiger partial charge in [0.1, 0.15) is 5.82 Å². The topological polar surface area (TPSA) is 75.3 Å². The number of carbonyl (C=O) groups is 1. The first-order chi connectivity index (χ1) is 11.3. The number of thioether (sulfide) groups is 1. The highest BCUT2D eigenvalue weighted by Crippen LogP contribution is 2.33. The van der Waals surface area contributed by atoms with E-state index in [4.69, 9.17) is 11.6 Å². The molecule has 24 heavy (non-hydrogen) atoms. The van der Waals surface area contributed by atoms with Crippen LogP contribution in [0, 0.1) is 5.82 Å². The van der Waals surface area contributed by atoms with Crippen LogP contribution in [-0.4, -0.2) is 20.1 Å². The maximum Gasteiger partial charge on any atom is 0.261 e. The van der Waals surface area contributed by atoms with Gasteiger partial charge in [0.05, 0.1) is 21.3 Å². The second kappa shape index (κ2) is 6.62. The van der Waals surface area contributed by atoms with Crippen molar-refractivity contribution in [3.63, 3.8) is 0 Å². The number of anilines is 2. The first-order valence-electron chi connectivity index (χ1n) is 6.90. The molecule has 0 fully saturated rings. The Labute approximate surface area is 147 Å². The van der Waals surface area contributed by atoms with Gasteiger partial charge in [-0.3, -0.25) is 9.52 Å². The highest BCUT2D eigenvalue weighted by atomic mass is 35.5. The minimum Gasteiger partial charge on any atom is -0.325 e. The number of hydrogen-bond acceptors (Lipinski definition) is 4. The standard InChI is InChI=1S/C15H12ClFN2O3S2/c16-11-7-9(1-3-12(11)17)19-24(21,22)10-2-4-14-13(8-10)18-15(20)5-6-23-14/h1-4,7-8,19H,5-6H2,(H,18,20). The van der Waals surface area contributed by atoms with Crippen molar-refractivity contribution in [1.82, 2.24) is 0 Å². The molecular formula is C15H12ClFN2O3S2. The number of fused-ring (bicyclic) bond motifs is 1. The van der Waals surface area contributed by atoms with Gasteiger partial charge in [-0.15, -0.1) is 11.8 Å². The molecule has 0 radical (unpaired) electrons. The van der Waals surface area contributed by atoms with Crippen LogP contribution in [0.1, 0.15) is 6.42 Å². The van der Waals surface area contributed by atoms with Crippen molar-refractivity contribution < 1.29 is 17.6 Å². The molecule has 0 saturated heterocycles. The van der Waals surface area contributed by atoms with Crippen molar-refractivity contribution in [3.8, 4) is 0 Å². The summed E-state index contributed by atoms with van der Waals surface area (Å²) in [5, 5.41) is 2.51. The molecule has 0 saturated carbocycles. The average molecular weight is 387 g/mol. The Morgan fingerprint density at radius 2 is 2.00 bits per heavy atom. The van der Waals surface area contributed by atoms with Crippen LogP contribution in [0.4, 0.5) is 15.8 Å². The molecule has 3 rings (SSSR count).